The van der Waals surface area contributed by atoms with Gasteiger partial charge in [0.2, 0.25) is 5.91 Å². The molecule has 0 bridgehead atoms. The Kier molecular flexibility index (Phi) is 6.69. The third-order valence-electron chi connectivity index (χ3n) is 3.65. The van der Waals surface area contributed by atoms with Crippen molar-refractivity contribution in [2.24, 2.45) is 0 Å². The fraction of sp³-hybridized carbons (Fsp3) is 0.412. The molecule has 6 nitrogen and oxygen atoms in total. The first-order valence-corrected chi connectivity index (χ1v) is 8.63. The highest BCUT2D eigenvalue weighted by atomic mass is 32.2. The Bertz CT molecular complexity index is 683. The van der Waals surface area contributed by atoms with Crippen LogP contribution in [0.5, 0.6) is 5.75 Å². The first-order chi connectivity index (χ1) is 11.5. The molecule has 0 fully saturated rings. The molecular weight excluding hydrogens is 326 g/mol. The van der Waals surface area contributed by atoms with Gasteiger partial charge in [-0.25, -0.2) is 4.98 Å². The van der Waals surface area contributed by atoms with Crippen LogP contribution in [0.2, 0.25) is 0 Å². The number of thioether (sulfide) groups is 1. The summed E-state index contributed by atoms with van der Waals surface area (Å²) < 4.78 is 12.3. The van der Waals surface area contributed by atoms with Crippen molar-refractivity contribution >= 4 is 23.4 Å². The highest BCUT2D eigenvalue weighted by molar-refractivity contribution is 7.99. The largest absolute Gasteiger partial charge is 0.497 e. The number of hydrogen-bond donors (Lipinski definition) is 1. The average Bonchev–Trinajstić information content (AvgIpc) is 2.86. The molecule has 24 heavy (non-hydrogen) atoms. The fourth-order valence-corrected chi connectivity index (χ4v) is 3.10. The van der Waals surface area contributed by atoms with Crippen LogP contribution >= 0.6 is 11.8 Å². The number of carbonyl (C=O) groups is 1. The van der Waals surface area contributed by atoms with Gasteiger partial charge in [0.05, 0.1) is 25.2 Å². The topological polar surface area (TPSA) is 65.4 Å². The monoisotopic (exact) mass is 349 g/mol. The van der Waals surface area contributed by atoms with Crippen LogP contribution in [0, 0.1) is 13.8 Å². The van der Waals surface area contributed by atoms with Crippen molar-refractivity contribution < 1.29 is 14.3 Å². The lowest BCUT2D eigenvalue weighted by atomic mass is 10.3. The van der Waals surface area contributed by atoms with Gasteiger partial charge in [-0.2, -0.15) is 0 Å². The maximum Gasteiger partial charge on any atom is 0.234 e. The summed E-state index contributed by atoms with van der Waals surface area (Å²) in [5.41, 5.74) is 2.82. The maximum atomic E-state index is 12.1. The minimum absolute atomic E-state index is 0.0678. The third kappa shape index (κ3) is 4.75. The highest BCUT2D eigenvalue weighted by Gasteiger charge is 2.13. The van der Waals surface area contributed by atoms with E-state index < -0.39 is 0 Å². The van der Waals surface area contributed by atoms with E-state index in [1.54, 1.807) is 14.2 Å². The van der Waals surface area contributed by atoms with Crippen LogP contribution in [0.3, 0.4) is 0 Å². The minimum Gasteiger partial charge on any atom is -0.497 e. The molecule has 1 amide bonds. The Morgan fingerprint density at radius 3 is 2.58 bits per heavy atom. The smallest absolute Gasteiger partial charge is 0.234 e. The number of methoxy groups -OCH3 is 2. The van der Waals surface area contributed by atoms with Crippen LogP contribution in [-0.2, 0) is 16.1 Å². The van der Waals surface area contributed by atoms with Crippen LogP contribution < -0.4 is 10.1 Å². The number of imidazole rings is 1. The van der Waals surface area contributed by atoms with E-state index in [4.69, 9.17) is 9.47 Å². The van der Waals surface area contributed by atoms with E-state index in [9.17, 15) is 4.79 Å². The van der Waals surface area contributed by atoms with Crippen molar-refractivity contribution in [2.45, 2.75) is 25.5 Å². The van der Waals surface area contributed by atoms with Gasteiger partial charge in [0, 0.05) is 25.0 Å². The number of anilines is 1. The van der Waals surface area contributed by atoms with Crippen LogP contribution in [0.4, 0.5) is 5.69 Å². The van der Waals surface area contributed by atoms with Crippen molar-refractivity contribution in [1.29, 1.82) is 0 Å². The van der Waals surface area contributed by atoms with E-state index in [0.29, 0.717) is 12.4 Å². The van der Waals surface area contributed by atoms with Gasteiger partial charge in [0.15, 0.2) is 5.16 Å². The summed E-state index contributed by atoms with van der Waals surface area (Å²) in [4.78, 5) is 16.7. The summed E-state index contributed by atoms with van der Waals surface area (Å²) in [5.74, 6) is 0.991. The Balaban J connectivity index is 1.94. The Labute approximate surface area is 146 Å². The molecule has 0 atom stereocenters. The first-order valence-electron chi connectivity index (χ1n) is 7.64. The van der Waals surface area contributed by atoms with Crippen molar-refractivity contribution in [3.8, 4) is 5.75 Å². The zero-order valence-corrected chi connectivity index (χ0v) is 15.3. The number of nitrogens with zero attached hydrogens (tertiary/aromatic N) is 2. The first kappa shape index (κ1) is 18.4. The Hall–Kier alpha value is -1.99. The van der Waals surface area contributed by atoms with E-state index >= 15 is 0 Å². The molecule has 0 spiro atoms. The van der Waals surface area contributed by atoms with Crippen LogP contribution in [0.15, 0.2) is 29.4 Å². The van der Waals surface area contributed by atoms with Crippen molar-refractivity contribution in [3.63, 3.8) is 0 Å². The average molecular weight is 349 g/mol. The second kappa shape index (κ2) is 8.75. The highest BCUT2D eigenvalue weighted by Crippen LogP contribution is 2.22. The van der Waals surface area contributed by atoms with Crippen molar-refractivity contribution in [1.82, 2.24) is 9.55 Å². The molecule has 1 aromatic heterocycles. The zero-order chi connectivity index (χ0) is 17.5. The number of aryl methyl sites for hydroxylation is 1. The van der Waals surface area contributed by atoms with Crippen LogP contribution in [-0.4, -0.2) is 42.0 Å². The quantitative estimate of drug-likeness (QED) is 0.743. The molecule has 0 aliphatic carbocycles. The van der Waals surface area contributed by atoms with Crippen molar-refractivity contribution in [3.05, 3.63) is 35.7 Å². The molecule has 0 aliphatic heterocycles. The lowest BCUT2D eigenvalue weighted by Crippen LogP contribution is -2.15. The van der Waals surface area contributed by atoms with Gasteiger partial charge in [-0.05, 0) is 38.1 Å². The zero-order valence-electron chi connectivity index (χ0n) is 14.5. The molecule has 0 unspecified atom stereocenters. The van der Waals surface area contributed by atoms with Gasteiger partial charge in [0.1, 0.15) is 5.75 Å². The molecule has 0 saturated carbocycles. The molecule has 130 valence electrons. The summed E-state index contributed by atoms with van der Waals surface area (Å²) in [5, 5.41) is 3.71. The van der Waals surface area contributed by atoms with E-state index in [1.165, 1.54) is 11.8 Å². The van der Waals surface area contributed by atoms with Crippen LogP contribution in [0.1, 0.15) is 11.4 Å². The van der Waals surface area contributed by atoms with Gasteiger partial charge in [-0.15, -0.1) is 0 Å². The predicted molar refractivity (Wildman–Crippen MR) is 95.9 cm³/mol. The van der Waals surface area contributed by atoms with E-state index in [0.717, 1.165) is 34.5 Å². The standard InChI is InChI=1S/C17H23N3O3S/c1-12-13(2)20(9-10-22-3)17(18-12)24-11-16(21)19-14-5-7-15(23-4)8-6-14/h5-8H,9-11H2,1-4H3,(H,19,21). The normalized spacial score (nSPS) is 10.7. The van der Waals surface area contributed by atoms with Gasteiger partial charge in [-0.3, -0.25) is 4.79 Å². The molecule has 2 rings (SSSR count). The molecule has 0 radical (unpaired) electrons. The van der Waals surface area contributed by atoms with Gasteiger partial charge < -0.3 is 19.4 Å². The molecule has 1 aromatic carbocycles. The van der Waals surface area contributed by atoms with E-state index in [1.807, 2.05) is 38.1 Å². The Morgan fingerprint density at radius 1 is 1.25 bits per heavy atom. The second-order valence-corrected chi connectivity index (χ2v) is 6.22. The second-order valence-electron chi connectivity index (χ2n) is 5.27. The molecule has 0 aliphatic rings. The molecule has 7 heteroatoms. The molecule has 0 saturated heterocycles. The number of carbonyl (C=O) groups excluding carboxylic acids is 1. The number of aromatic nitrogens is 2. The maximum absolute atomic E-state index is 12.1. The lowest BCUT2D eigenvalue weighted by molar-refractivity contribution is -0.113. The summed E-state index contributed by atoms with van der Waals surface area (Å²) in [6.45, 7) is 5.34. The predicted octanol–water partition coefficient (Wildman–Crippen LogP) is 2.89. The number of benzene rings is 1. The van der Waals surface area contributed by atoms with Gasteiger partial charge in [-0.1, -0.05) is 11.8 Å². The van der Waals surface area contributed by atoms with Crippen LogP contribution in [0.25, 0.3) is 0 Å². The van der Waals surface area contributed by atoms with E-state index in [2.05, 4.69) is 14.9 Å². The summed E-state index contributed by atoms with van der Waals surface area (Å²) in [6, 6.07) is 7.25. The lowest BCUT2D eigenvalue weighted by Gasteiger charge is -2.09. The molecular formula is C17H23N3O3S. The fourth-order valence-electron chi connectivity index (χ4n) is 2.18. The summed E-state index contributed by atoms with van der Waals surface area (Å²) >= 11 is 1.43. The van der Waals surface area contributed by atoms with E-state index in [-0.39, 0.29) is 5.91 Å². The minimum atomic E-state index is -0.0678. The molecule has 2 aromatic rings. The molecule has 1 N–H and O–H groups in total. The SMILES string of the molecule is COCCn1c(SCC(=O)Nc2ccc(OC)cc2)nc(C)c1C. The summed E-state index contributed by atoms with van der Waals surface area (Å²) in [6.07, 6.45) is 0. The van der Waals surface area contributed by atoms with Crippen molar-refractivity contribution in [2.75, 3.05) is 31.9 Å². The van der Waals surface area contributed by atoms with Gasteiger partial charge in [0.25, 0.3) is 0 Å². The number of amides is 1. The number of nitrogens with one attached hydrogen (secondary N) is 1. The number of ether oxygens (including phenoxy) is 2. The number of hydrogen-bond acceptors (Lipinski definition) is 5. The third-order valence-corrected chi connectivity index (χ3v) is 4.62. The summed E-state index contributed by atoms with van der Waals surface area (Å²) in [7, 11) is 3.29. The van der Waals surface area contributed by atoms with Gasteiger partial charge >= 0.3 is 0 Å². The number of rotatable bonds is 8. The molecule has 1 heterocycles. The Morgan fingerprint density at radius 2 is 1.96 bits per heavy atom.